The number of pyridine rings is 1. The van der Waals surface area contributed by atoms with Crippen LogP contribution in [0.5, 0.6) is 5.75 Å². The lowest BCUT2D eigenvalue weighted by Gasteiger charge is -2.21. The second-order valence-corrected chi connectivity index (χ2v) is 7.08. The van der Waals surface area contributed by atoms with Crippen molar-refractivity contribution in [1.29, 1.82) is 0 Å². The number of nitro groups is 1. The molecule has 0 bridgehead atoms. The zero-order valence-corrected chi connectivity index (χ0v) is 15.0. The maximum atomic E-state index is 12.3. The summed E-state index contributed by atoms with van der Waals surface area (Å²) in [5.41, 5.74) is 0.220. The van der Waals surface area contributed by atoms with Crippen LogP contribution in [0, 0.1) is 16.0 Å². The van der Waals surface area contributed by atoms with E-state index in [0.29, 0.717) is 0 Å². The van der Waals surface area contributed by atoms with E-state index in [0.717, 1.165) is 4.88 Å². The minimum absolute atomic E-state index is 0.136. The number of nitrogens with zero attached hydrogens (tertiary/aromatic N) is 2. The number of benzene rings is 1. The van der Waals surface area contributed by atoms with Crippen LogP contribution < -0.4 is 5.32 Å². The van der Waals surface area contributed by atoms with Crippen molar-refractivity contribution in [2.45, 2.75) is 19.9 Å². The van der Waals surface area contributed by atoms with Crippen molar-refractivity contribution in [3.8, 4) is 5.75 Å². The quantitative estimate of drug-likeness (QED) is 0.524. The zero-order valence-electron chi connectivity index (χ0n) is 14.2. The molecule has 3 rings (SSSR count). The van der Waals surface area contributed by atoms with E-state index >= 15 is 0 Å². The fourth-order valence-corrected chi connectivity index (χ4v) is 3.46. The SMILES string of the molecule is CC(C)C(=O)N[C@H](c1cccs1)c1cc([N+](=O)[O-])c2cccnc2c1O. The Labute approximate surface area is 153 Å². The molecule has 3 aromatic rings. The largest absolute Gasteiger partial charge is 0.505 e. The number of aromatic hydroxyl groups is 1. The van der Waals surface area contributed by atoms with Crippen LogP contribution in [-0.4, -0.2) is 20.9 Å². The Hall–Kier alpha value is -3.00. The first-order valence-corrected chi connectivity index (χ1v) is 8.87. The molecular weight excluding hydrogens is 354 g/mol. The summed E-state index contributed by atoms with van der Waals surface area (Å²) in [4.78, 5) is 28.2. The van der Waals surface area contributed by atoms with E-state index < -0.39 is 11.0 Å². The summed E-state index contributed by atoms with van der Waals surface area (Å²) >= 11 is 1.39. The van der Waals surface area contributed by atoms with Gasteiger partial charge in [-0.05, 0) is 23.6 Å². The third-order valence-corrected chi connectivity index (χ3v) is 4.96. The van der Waals surface area contributed by atoms with Gasteiger partial charge in [0.05, 0.1) is 16.4 Å². The Kier molecular flexibility index (Phi) is 4.85. The summed E-state index contributed by atoms with van der Waals surface area (Å²) in [6.07, 6.45) is 1.46. The highest BCUT2D eigenvalue weighted by atomic mass is 32.1. The monoisotopic (exact) mass is 371 g/mol. The molecule has 0 aliphatic carbocycles. The maximum Gasteiger partial charge on any atom is 0.279 e. The maximum absolute atomic E-state index is 12.3. The van der Waals surface area contributed by atoms with E-state index in [-0.39, 0.29) is 39.7 Å². The first-order valence-electron chi connectivity index (χ1n) is 7.99. The number of hydrogen-bond donors (Lipinski definition) is 2. The van der Waals surface area contributed by atoms with Crippen molar-refractivity contribution in [2.75, 3.05) is 0 Å². The summed E-state index contributed by atoms with van der Waals surface area (Å²) in [5, 5.41) is 27.2. The summed E-state index contributed by atoms with van der Waals surface area (Å²) in [7, 11) is 0. The van der Waals surface area contributed by atoms with Gasteiger partial charge in [-0.25, -0.2) is 0 Å². The van der Waals surface area contributed by atoms with Gasteiger partial charge in [0.1, 0.15) is 11.3 Å². The molecule has 134 valence electrons. The number of thiophene rings is 1. The van der Waals surface area contributed by atoms with Gasteiger partial charge in [-0.2, -0.15) is 0 Å². The second-order valence-electron chi connectivity index (χ2n) is 6.10. The number of aromatic nitrogens is 1. The predicted octanol–water partition coefficient (Wildman–Crippen LogP) is 3.77. The van der Waals surface area contributed by atoms with E-state index in [2.05, 4.69) is 10.3 Å². The molecule has 1 amide bonds. The lowest BCUT2D eigenvalue weighted by molar-refractivity contribution is -0.383. The fourth-order valence-electron chi connectivity index (χ4n) is 2.67. The van der Waals surface area contributed by atoms with Crippen LogP contribution in [0.25, 0.3) is 10.9 Å². The van der Waals surface area contributed by atoms with Crippen LogP contribution in [0.3, 0.4) is 0 Å². The number of carbonyl (C=O) groups excluding carboxylic acids is 1. The van der Waals surface area contributed by atoms with E-state index in [1.807, 2.05) is 17.5 Å². The van der Waals surface area contributed by atoms with Gasteiger partial charge in [-0.15, -0.1) is 11.3 Å². The van der Waals surface area contributed by atoms with Crippen molar-refractivity contribution in [3.05, 3.63) is 62.5 Å². The van der Waals surface area contributed by atoms with Crippen LogP contribution in [0.2, 0.25) is 0 Å². The van der Waals surface area contributed by atoms with Gasteiger partial charge in [0.25, 0.3) is 5.69 Å². The smallest absolute Gasteiger partial charge is 0.279 e. The van der Waals surface area contributed by atoms with Crippen molar-refractivity contribution < 1.29 is 14.8 Å². The Morgan fingerprint density at radius 2 is 2.12 bits per heavy atom. The van der Waals surface area contributed by atoms with Gasteiger partial charge in [0, 0.05) is 28.6 Å². The third-order valence-electron chi connectivity index (χ3n) is 4.02. The predicted molar refractivity (Wildman–Crippen MR) is 99.2 cm³/mol. The molecule has 1 atom stereocenters. The van der Waals surface area contributed by atoms with Crippen molar-refractivity contribution in [1.82, 2.24) is 10.3 Å². The lowest BCUT2D eigenvalue weighted by atomic mass is 9.99. The van der Waals surface area contributed by atoms with E-state index in [1.54, 1.807) is 19.9 Å². The topological polar surface area (TPSA) is 105 Å². The van der Waals surface area contributed by atoms with Gasteiger partial charge >= 0.3 is 0 Å². The van der Waals surface area contributed by atoms with Gasteiger partial charge < -0.3 is 10.4 Å². The van der Waals surface area contributed by atoms with Gasteiger partial charge in [0.15, 0.2) is 0 Å². The highest BCUT2D eigenvalue weighted by Gasteiger charge is 2.27. The molecule has 0 spiro atoms. The van der Waals surface area contributed by atoms with Crippen molar-refractivity contribution in [3.63, 3.8) is 0 Å². The van der Waals surface area contributed by atoms with Crippen molar-refractivity contribution in [2.24, 2.45) is 5.92 Å². The van der Waals surface area contributed by atoms with Crippen LogP contribution in [0.15, 0.2) is 41.9 Å². The number of nitrogens with one attached hydrogen (secondary N) is 1. The molecule has 2 aromatic heterocycles. The van der Waals surface area contributed by atoms with Crippen LogP contribution in [0.1, 0.15) is 30.3 Å². The van der Waals surface area contributed by atoms with Gasteiger partial charge in [-0.1, -0.05) is 19.9 Å². The molecule has 0 unspecified atom stereocenters. The molecule has 0 saturated carbocycles. The standard InChI is InChI=1S/C18H17N3O4S/c1-10(2)18(23)20-15(14-6-4-8-26-14)12-9-13(21(24)25)11-5-3-7-19-16(11)17(12)22/h3-10,15,22H,1-2H3,(H,20,23)/t15-/m0/s1. The highest BCUT2D eigenvalue weighted by molar-refractivity contribution is 7.10. The number of hydrogen-bond acceptors (Lipinski definition) is 6. The number of phenolic OH excluding ortho intramolecular Hbond substituents is 1. The number of carbonyl (C=O) groups is 1. The van der Waals surface area contributed by atoms with Gasteiger partial charge in [0.2, 0.25) is 5.91 Å². The molecule has 8 heteroatoms. The number of phenols is 1. The number of amides is 1. The first-order chi connectivity index (χ1) is 12.4. The summed E-state index contributed by atoms with van der Waals surface area (Å²) in [6.45, 7) is 3.51. The highest BCUT2D eigenvalue weighted by Crippen LogP contribution is 2.40. The second kappa shape index (κ2) is 7.09. The van der Waals surface area contributed by atoms with E-state index in [9.17, 15) is 20.0 Å². The average molecular weight is 371 g/mol. The van der Waals surface area contributed by atoms with E-state index in [1.165, 1.54) is 29.7 Å². The van der Waals surface area contributed by atoms with Crippen LogP contribution in [0.4, 0.5) is 5.69 Å². The molecular formula is C18H17N3O4S. The molecule has 26 heavy (non-hydrogen) atoms. The van der Waals surface area contributed by atoms with E-state index in [4.69, 9.17) is 0 Å². The zero-order chi connectivity index (χ0) is 18.8. The van der Waals surface area contributed by atoms with Crippen LogP contribution in [-0.2, 0) is 4.79 Å². The normalized spacial score (nSPS) is 12.3. The molecule has 2 N–H and O–H groups in total. The molecule has 0 fully saturated rings. The Bertz CT molecular complexity index is 970. The lowest BCUT2D eigenvalue weighted by Crippen LogP contribution is -2.32. The molecule has 2 heterocycles. The molecule has 1 aromatic carbocycles. The number of fused-ring (bicyclic) bond motifs is 1. The number of rotatable bonds is 5. The number of nitro benzene ring substituents is 1. The summed E-state index contributed by atoms with van der Waals surface area (Å²) in [5.74, 6) is -0.659. The number of non-ortho nitro benzene ring substituents is 1. The summed E-state index contributed by atoms with van der Waals surface area (Å²) in [6, 6.07) is 7.35. The van der Waals surface area contributed by atoms with Gasteiger partial charge in [-0.3, -0.25) is 19.9 Å². The first kappa shape index (κ1) is 17.8. The molecule has 7 nitrogen and oxygen atoms in total. The Morgan fingerprint density at radius 1 is 1.35 bits per heavy atom. The molecule has 0 saturated heterocycles. The minimum Gasteiger partial charge on any atom is -0.505 e. The Balaban J connectivity index is 2.23. The summed E-state index contributed by atoms with van der Waals surface area (Å²) < 4.78 is 0. The van der Waals surface area contributed by atoms with Crippen molar-refractivity contribution >= 4 is 33.8 Å². The molecule has 0 aliphatic rings. The molecule has 0 radical (unpaired) electrons. The third kappa shape index (κ3) is 3.23. The molecule has 0 aliphatic heterocycles. The minimum atomic E-state index is -0.699. The van der Waals surface area contributed by atoms with Crippen LogP contribution >= 0.6 is 11.3 Å². The average Bonchev–Trinajstić information content (AvgIpc) is 3.14. The Morgan fingerprint density at radius 3 is 2.73 bits per heavy atom. The fraction of sp³-hybridized carbons (Fsp3) is 0.222.